The van der Waals surface area contributed by atoms with Crippen molar-refractivity contribution in [3.8, 4) is 5.75 Å². The van der Waals surface area contributed by atoms with Gasteiger partial charge in [-0.2, -0.15) is 4.98 Å². The lowest BCUT2D eigenvalue weighted by atomic mass is 10.0. The number of ether oxygens (including phenoxy) is 1. The number of amides is 1. The molecule has 3 aromatic rings. The third kappa shape index (κ3) is 4.83. The summed E-state index contributed by atoms with van der Waals surface area (Å²) >= 11 is 0. The number of anilines is 3. The average Bonchev–Trinajstić information content (AvgIpc) is 3.34. The average molecular weight is 458 g/mol. The highest BCUT2D eigenvalue weighted by molar-refractivity contribution is 6.01. The number of hydrogen-bond acceptors (Lipinski definition) is 6. The summed E-state index contributed by atoms with van der Waals surface area (Å²) in [5.74, 6) is 1.94. The number of methoxy groups -OCH3 is 1. The number of rotatable bonds is 7. The number of nitrogens with zero attached hydrogens (tertiary/aromatic N) is 3. The van der Waals surface area contributed by atoms with Crippen molar-refractivity contribution in [1.82, 2.24) is 14.9 Å². The van der Waals surface area contributed by atoms with Crippen LogP contribution in [0, 0.1) is 6.92 Å². The molecular weight excluding hydrogens is 426 g/mol. The molecule has 1 aliphatic carbocycles. The second-order valence-corrected chi connectivity index (χ2v) is 9.16. The van der Waals surface area contributed by atoms with Crippen molar-refractivity contribution >= 4 is 23.4 Å². The normalized spacial score (nSPS) is 15.8. The fourth-order valence-electron chi connectivity index (χ4n) is 4.78. The van der Waals surface area contributed by atoms with Crippen LogP contribution in [-0.4, -0.2) is 40.5 Å². The molecule has 1 fully saturated rings. The van der Waals surface area contributed by atoms with Crippen molar-refractivity contribution in [3.63, 3.8) is 0 Å². The molecule has 0 bridgehead atoms. The Hall–Kier alpha value is -3.61. The van der Waals surface area contributed by atoms with E-state index >= 15 is 0 Å². The fourth-order valence-corrected chi connectivity index (χ4v) is 4.78. The smallest absolute Gasteiger partial charge is 0.259 e. The first kappa shape index (κ1) is 22.2. The van der Waals surface area contributed by atoms with Crippen LogP contribution in [0.15, 0.2) is 48.5 Å². The monoisotopic (exact) mass is 457 g/mol. The van der Waals surface area contributed by atoms with E-state index < -0.39 is 0 Å². The van der Waals surface area contributed by atoms with Gasteiger partial charge >= 0.3 is 0 Å². The molecule has 1 amide bonds. The fraction of sp³-hybridized carbons (Fsp3) is 0.370. The first-order valence-electron chi connectivity index (χ1n) is 12.0. The van der Waals surface area contributed by atoms with Crippen LogP contribution in [0.3, 0.4) is 0 Å². The number of carbonyl (C=O) groups is 1. The Kier molecular flexibility index (Phi) is 6.34. The molecule has 34 heavy (non-hydrogen) atoms. The SMILES string of the molecule is COc1ccc(CN2CCc3nc(NC4CCCC4)nc(Nc4cccc(C)c4)c3C2=O)cc1. The van der Waals surface area contributed by atoms with Crippen molar-refractivity contribution in [1.29, 1.82) is 0 Å². The summed E-state index contributed by atoms with van der Waals surface area (Å²) in [6.45, 7) is 3.21. The minimum absolute atomic E-state index is 0.0420. The Balaban J connectivity index is 1.45. The zero-order chi connectivity index (χ0) is 23.5. The van der Waals surface area contributed by atoms with Crippen molar-refractivity contribution < 1.29 is 9.53 Å². The van der Waals surface area contributed by atoms with Gasteiger partial charge in [0, 0.05) is 31.2 Å². The predicted octanol–water partition coefficient (Wildman–Crippen LogP) is 5.09. The van der Waals surface area contributed by atoms with Crippen LogP contribution in [-0.2, 0) is 13.0 Å². The summed E-state index contributed by atoms with van der Waals surface area (Å²) < 4.78 is 5.25. The van der Waals surface area contributed by atoms with E-state index in [1.54, 1.807) is 7.11 Å². The minimum Gasteiger partial charge on any atom is -0.497 e. The molecule has 0 unspecified atom stereocenters. The summed E-state index contributed by atoms with van der Waals surface area (Å²) in [5.41, 5.74) is 4.49. The lowest BCUT2D eigenvalue weighted by Crippen LogP contribution is -2.38. The van der Waals surface area contributed by atoms with E-state index in [2.05, 4.69) is 29.7 Å². The molecule has 0 atom stereocenters. The molecule has 1 aromatic heterocycles. The standard InChI is InChI=1S/C27H31N5O2/c1-18-6-5-9-21(16-18)28-25-24-23(30-27(31-25)29-20-7-3-4-8-20)14-15-32(26(24)33)17-19-10-12-22(34-2)13-11-19/h5-6,9-13,16,20H,3-4,7-8,14-15,17H2,1-2H3,(H2,28,29,30,31). The lowest BCUT2D eigenvalue weighted by Gasteiger charge is -2.30. The Morgan fingerprint density at radius 2 is 1.88 bits per heavy atom. The van der Waals surface area contributed by atoms with Gasteiger partial charge in [-0.05, 0) is 55.2 Å². The summed E-state index contributed by atoms with van der Waals surface area (Å²) in [6.07, 6.45) is 5.43. The molecule has 0 spiro atoms. The Morgan fingerprint density at radius 1 is 1.09 bits per heavy atom. The van der Waals surface area contributed by atoms with Crippen LogP contribution < -0.4 is 15.4 Å². The van der Waals surface area contributed by atoms with Crippen LogP contribution in [0.5, 0.6) is 5.75 Å². The number of nitrogens with one attached hydrogen (secondary N) is 2. The second-order valence-electron chi connectivity index (χ2n) is 9.16. The van der Waals surface area contributed by atoms with Crippen LogP contribution in [0.4, 0.5) is 17.5 Å². The second kappa shape index (κ2) is 9.71. The molecular formula is C27H31N5O2. The number of fused-ring (bicyclic) bond motifs is 1. The van der Waals surface area contributed by atoms with Crippen LogP contribution in [0.2, 0.25) is 0 Å². The summed E-state index contributed by atoms with van der Waals surface area (Å²) in [5, 5.41) is 6.92. The first-order chi connectivity index (χ1) is 16.6. The molecule has 7 heteroatoms. The molecule has 0 saturated heterocycles. The number of carbonyl (C=O) groups excluding carboxylic acids is 1. The maximum Gasteiger partial charge on any atom is 0.259 e. The topological polar surface area (TPSA) is 79.4 Å². The van der Waals surface area contributed by atoms with E-state index in [0.717, 1.165) is 41.1 Å². The predicted molar refractivity (Wildman–Crippen MR) is 134 cm³/mol. The van der Waals surface area contributed by atoms with Crippen molar-refractivity contribution in [2.24, 2.45) is 0 Å². The van der Waals surface area contributed by atoms with Gasteiger partial charge in [-0.25, -0.2) is 4.98 Å². The van der Waals surface area contributed by atoms with E-state index in [9.17, 15) is 4.79 Å². The van der Waals surface area contributed by atoms with Crippen LogP contribution in [0.1, 0.15) is 52.9 Å². The molecule has 2 aromatic carbocycles. The highest BCUT2D eigenvalue weighted by Crippen LogP contribution is 2.30. The third-order valence-corrected chi connectivity index (χ3v) is 6.61. The van der Waals surface area contributed by atoms with E-state index in [1.165, 1.54) is 12.8 Å². The molecule has 1 aliphatic heterocycles. The van der Waals surface area contributed by atoms with Crippen molar-refractivity contribution in [2.45, 2.75) is 51.6 Å². The van der Waals surface area contributed by atoms with Crippen LogP contribution in [0.25, 0.3) is 0 Å². The van der Waals surface area contributed by atoms with Gasteiger partial charge < -0.3 is 20.3 Å². The molecule has 2 heterocycles. The molecule has 2 N–H and O–H groups in total. The van der Waals surface area contributed by atoms with E-state index in [0.29, 0.717) is 42.9 Å². The molecule has 2 aliphatic rings. The Labute approximate surface area is 200 Å². The maximum absolute atomic E-state index is 13.6. The summed E-state index contributed by atoms with van der Waals surface area (Å²) in [6, 6.07) is 16.3. The molecule has 1 saturated carbocycles. The highest BCUT2D eigenvalue weighted by Gasteiger charge is 2.31. The van der Waals surface area contributed by atoms with Gasteiger partial charge in [-0.3, -0.25) is 4.79 Å². The first-order valence-corrected chi connectivity index (χ1v) is 12.0. The van der Waals surface area contributed by atoms with Crippen LogP contribution >= 0.6 is 0 Å². The largest absolute Gasteiger partial charge is 0.497 e. The third-order valence-electron chi connectivity index (χ3n) is 6.61. The van der Waals surface area contributed by atoms with Crippen molar-refractivity contribution in [2.75, 3.05) is 24.3 Å². The number of hydrogen-bond donors (Lipinski definition) is 2. The Morgan fingerprint density at radius 3 is 2.62 bits per heavy atom. The number of aromatic nitrogens is 2. The van der Waals surface area contributed by atoms with E-state index in [-0.39, 0.29) is 5.91 Å². The minimum atomic E-state index is -0.0420. The van der Waals surface area contributed by atoms with E-state index in [1.807, 2.05) is 41.3 Å². The lowest BCUT2D eigenvalue weighted by molar-refractivity contribution is 0.0726. The van der Waals surface area contributed by atoms with Gasteiger partial charge in [0.05, 0.1) is 12.8 Å². The zero-order valence-electron chi connectivity index (χ0n) is 19.8. The molecule has 0 radical (unpaired) electrons. The van der Waals surface area contributed by atoms with E-state index in [4.69, 9.17) is 14.7 Å². The van der Waals surface area contributed by atoms with Gasteiger partial charge in [0.2, 0.25) is 5.95 Å². The number of benzene rings is 2. The Bertz CT molecular complexity index is 1170. The summed E-state index contributed by atoms with van der Waals surface area (Å²) in [4.78, 5) is 25.1. The van der Waals surface area contributed by atoms with Gasteiger partial charge in [0.1, 0.15) is 17.1 Å². The molecule has 5 rings (SSSR count). The number of aryl methyl sites for hydroxylation is 1. The van der Waals surface area contributed by atoms with Gasteiger partial charge in [0.15, 0.2) is 0 Å². The molecule has 176 valence electrons. The van der Waals surface area contributed by atoms with Crippen molar-refractivity contribution in [3.05, 3.63) is 70.9 Å². The summed E-state index contributed by atoms with van der Waals surface area (Å²) in [7, 11) is 1.65. The maximum atomic E-state index is 13.6. The molecule has 7 nitrogen and oxygen atoms in total. The highest BCUT2D eigenvalue weighted by atomic mass is 16.5. The van der Waals surface area contributed by atoms with Gasteiger partial charge in [-0.15, -0.1) is 0 Å². The quantitative estimate of drug-likeness (QED) is 0.514. The van der Waals surface area contributed by atoms with Gasteiger partial charge in [0.25, 0.3) is 5.91 Å². The zero-order valence-corrected chi connectivity index (χ0v) is 19.8. The van der Waals surface area contributed by atoms with Gasteiger partial charge in [-0.1, -0.05) is 37.1 Å².